The van der Waals surface area contributed by atoms with E-state index < -0.39 is 5.60 Å². The number of phenols is 1. The maximum absolute atomic E-state index is 12.6. The minimum atomic E-state index is -0.603. The van der Waals surface area contributed by atoms with Crippen molar-refractivity contribution in [3.63, 3.8) is 0 Å². The first-order chi connectivity index (χ1) is 11.1. The number of piperidine rings is 1. The summed E-state index contributed by atoms with van der Waals surface area (Å²) >= 11 is 3.23. The lowest BCUT2D eigenvalue weighted by Crippen LogP contribution is -2.43. The van der Waals surface area contributed by atoms with E-state index in [1.54, 1.807) is 12.1 Å². The Kier molecular flexibility index (Phi) is 4.68. The molecule has 2 aromatic rings. The van der Waals surface area contributed by atoms with Crippen molar-refractivity contribution in [2.75, 3.05) is 13.1 Å². The summed E-state index contributed by atoms with van der Waals surface area (Å²) in [6, 6.07) is 14.5. The first-order valence-electron chi connectivity index (χ1n) is 7.59. The van der Waals surface area contributed by atoms with E-state index in [0.29, 0.717) is 10.0 Å². The maximum Gasteiger partial charge on any atom is 0.339 e. The van der Waals surface area contributed by atoms with Gasteiger partial charge >= 0.3 is 5.97 Å². The second kappa shape index (κ2) is 6.72. The summed E-state index contributed by atoms with van der Waals surface area (Å²) in [6.07, 6.45) is 1.48. The van der Waals surface area contributed by atoms with Gasteiger partial charge in [0.25, 0.3) is 0 Å². The smallest absolute Gasteiger partial charge is 0.339 e. The van der Waals surface area contributed by atoms with E-state index in [0.717, 1.165) is 31.5 Å². The quantitative estimate of drug-likeness (QED) is 0.804. The number of carbonyl (C=O) groups excluding carboxylic acids is 1. The van der Waals surface area contributed by atoms with Crippen LogP contribution in [-0.4, -0.2) is 24.2 Å². The van der Waals surface area contributed by atoms with Crippen molar-refractivity contribution in [2.45, 2.75) is 18.4 Å². The number of phenolic OH excluding ortho intramolecular Hbond substituents is 1. The molecule has 0 aromatic heterocycles. The van der Waals surface area contributed by atoms with Gasteiger partial charge in [-0.3, -0.25) is 0 Å². The van der Waals surface area contributed by atoms with Crippen molar-refractivity contribution < 1.29 is 14.6 Å². The molecule has 0 spiro atoms. The van der Waals surface area contributed by atoms with Crippen molar-refractivity contribution in [3.8, 4) is 5.75 Å². The van der Waals surface area contributed by atoms with Gasteiger partial charge < -0.3 is 15.2 Å². The molecule has 0 bridgehead atoms. The molecule has 1 heterocycles. The molecule has 1 aliphatic rings. The normalized spacial score (nSPS) is 16.7. The predicted octanol–water partition coefficient (Wildman–Crippen LogP) is 3.59. The summed E-state index contributed by atoms with van der Waals surface area (Å²) in [5, 5.41) is 12.9. The molecule has 1 aliphatic heterocycles. The molecule has 1 fully saturated rings. The summed E-state index contributed by atoms with van der Waals surface area (Å²) in [7, 11) is 0. The van der Waals surface area contributed by atoms with Crippen molar-refractivity contribution >= 4 is 21.9 Å². The Morgan fingerprint density at radius 2 is 1.83 bits per heavy atom. The lowest BCUT2D eigenvalue weighted by molar-refractivity contribution is -0.0378. The molecule has 2 aromatic carbocycles. The Balaban J connectivity index is 1.89. The largest absolute Gasteiger partial charge is 0.507 e. The topological polar surface area (TPSA) is 58.6 Å². The molecular formula is C18H18BrNO3. The molecule has 5 heteroatoms. The highest BCUT2D eigenvalue weighted by Crippen LogP contribution is 2.36. The SMILES string of the molecule is O=C(OC1(c2ccccc2)CCNCC1)c1ccc(O)c(Br)c1. The number of halogens is 1. The van der Waals surface area contributed by atoms with Gasteiger partial charge in [0.2, 0.25) is 0 Å². The number of ether oxygens (including phenoxy) is 1. The van der Waals surface area contributed by atoms with Gasteiger partial charge in [-0.2, -0.15) is 0 Å². The minimum Gasteiger partial charge on any atom is -0.507 e. The van der Waals surface area contributed by atoms with Gasteiger partial charge in [-0.15, -0.1) is 0 Å². The molecule has 0 amide bonds. The van der Waals surface area contributed by atoms with Gasteiger partial charge in [-0.25, -0.2) is 4.79 Å². The van der Waals surface area contributed by atoms with E-state index in [9.17, 15) is 9.90 Å². The van der Waals surface area contributed by atoms with Crippen molar-refractivity contribution in [2.24, 2.45) is 0 Å². The third-order valence-corrected chi connectivity index (χ3v) is 4.82. The van der Waals surface area contributed by atoms with Crippen LogP contribution in [0.2, 0.25) is 0 Å². The number of benzene rings is 2. The van der Waals surface area contributed by atoms with Gasteiger partial charge in [-0.1, -0.05) is 30.3 Å². The van der Waals surface area contributed by atoms with Crippen LogP contribution < -0.4 is 5.32 Å². The highest BCUT2D eigenvalue weighted by molar-refractivity contribution is 9.10. The number of rotatable bonds is 3. The zero-order valence-electron chi connectivity index (χ0n) is 12.6. The number of esters is 1. The second-order valence-electron chi connectivity index (χ2n) is 5.67. The summed E-state index contributed by atoms with van der Waals surface area (Å²) in [6.45, 7) is 1.61. The van der Waals surface area contributed by atoms with Crippen molar-refractivity contribution in [1.29, 1.82) is 0 Å². The van der Waals surface area contributed by atoms with Crippen LogP contribution in [0.25, 0.3) is 0 Å². The Morgan fingerprint density at radius 1 is 1.13 bits per heavy atom. The summed E-state index contributed by atoms with van der Waals surface area (Å²) < 4.78 is 6.44. The summed E-state index contributed by atoms with van der Waals surface area (Å²) in [5.41, 5.74) is 0.838. The highest BCUT2D eigenvalue weighted by atomic mass is 79.9. The molecule has 0 aliphatic carbocycles. The monoisotopic (exact) mass is 375 g/mol. The van der Waals surface area contributed by atoms with Crippen LogP contribution in [0, 0.1) is 0 Å². The third kappa shape index (κ3) is 3.41. The molecule has 0 radical (unpaired) electrons. The molecule has 0 unspecified atom stereocenters. The molecule has 23 heavy (non-hydrogen) atoms. The summed E-state index contributed by atoms with van der Waals surface area (Å²) in [5.74, 6) is -0.280. The number of nitrogens with one attached hydrogen (secondary N) is 1. The lowest BCUT2D eigenvalue weighted by Gasteiger charge is -2.37. The fraction of sp³-hybridized carbons (Fsp3) is 0.278. The van der Waals surface area contributed by atoms with Crippen LogP contribution in [0.4, 0.5) is 0 Å². The van der Waals surface area contributed by atoms with Crippen LogP contribution in [0.3, 0.4) is 0 Å². The Labute approximate surface area is 143 Å². The average Bonchev–Trinajstić information content (AvgIpc) is 2.59. The third-order valence-electron chi connectivity index (χ3n) is 4.18. The van der Waals surface area contributed by atoms with Gasteiger partial charge in [0, 0.05) is 12.8 Å². The highest BCUT2D eigenvalue weighted by Gasteiger charge is 2.38. The van der Waals surface area contributed by atoms with Gasteiger partial charge in [0.1, 0.15) is 11.4 Å². The Hall–Kier alpha value is -1.85. The fourth-order valence-electron chi connectivity index (χ4n) is 2.89. The Bertz CT molecular complexity index is 697. The molecular weight excluding hydrogens is 358 g/mol. The van der Waals surface area contributed by atoms with Gasteiger partial charge in [0.15, 0.2) is 0 Å². The van der Waals surface area contributed by atoms with Gasteiger partial charge in [0.05, 0.1) is 10.0 Å². The molecule has 2 N–H and O–H groups in total. The number of carbonyl (C=O) groups is 1. The lowest BCUT2D eigenvalue weighted by atomic mass is 9.84. The standard InChI is InChI=1S/C18H18BrNO3/c19-15-12-13(6-7-16(15)21)17(22)23-18(8-10-20-11-9-18)14-4-2-1-3-5-14/h1-7,12,20-21H,8-11H2. The second-order valence-corrected chi connectivity index (χ2v) is 6.52. The maximum atomic E-state index is 12.6. The molecule has 1 saturated heterocycles. The average molecular weight is 376 g/mol. The van der Waals surface area contributed by atoms with Crippen molar-refractivity contribution in [3.05, 3.63) is 64.1 Å². The molecule has 0 atom stereocenters. The van der Waals surface area contributed by atoms with E-state index in [1.807, 2.05) is 30.3 Å². The number of hydrogen-bond donors (Lipinski definition) is 2. The van der Waals surface area contributed by atoms with Crippen LogP contribution >= 0.6 is 15.9 Å². The molecule has 4 nitrogen and oxygen atoms in total. The van der Waals surface area contributed by atoms with E-state index in [1.165, 1.54) is 6.07 Å². The molecule has 0 saturated carbocycles. The van der Waals surface area contributed by atoms with Crippen LogP contribution in [-0.2, 0) is 10.3 Å². The zero-order chi connectivity index (χ0) is 16.3. The first-order valence-corrected chi connectivity index (χ1v) is 8.38. The molecule has 3 rings (SSSR count). The van der Waals surface area contributed by atoms with E-state index >= 15 is 0 Å². The van der Waals surface area contributed by atoms with Gasteiger partial charge in [-0.05, 0) is 52.8 Å². The number of hydrogen-bond acceptors (Lipinski definition) is 4. The summed E-state index contributed by atoms with van der Waals surface area (Å²) in [4.78, 5) is 12.6. The van der Waals surface area contributed by atoms with E-state index in [2.05, 4.69) is 21.2 Å². The number of aromatic hydroxyl groups is 1. The predicted molar refractivity (Wildman–Crippen MR) is 91.4 cm³/mol. The fourth-order valence-corrected chi connectivity index (χ4v) is 3.27. The van der Waals surface area contributed by atoms with E-state index in [4.69, 9.17) is 4.74 Å². The van der Waals surface area contributed by atoms with Crippen LogP contribution in [0.15, 0.2) is 53.0 Å². The minimum absolute atomic E-state index is 0.0983. The van der Waals surface area contributed by atoms with Crippen LogP contribution in [0.5, 0.6) is 5.75 Å². The zero-order valence-corrected chi connectivity index (χ0v) is 14.2. The van der Waals surface area contributed by atoms with Crippen LogP contribution in [0.1, 0.15) is 28.8 Å². The molecule has 120 valence electrons. The first kappa shape index (κ1) is 16.0. The van der Waals surface area contributed by atoms with Crippen molar-refractivity contribution in [1.82, 2.24) is 5.32 Å². The van der Waals surface area contributed by atoms with E-state index in [-0.39, 0.29) is 11.7 Å². The Morgan fingerprint density at radius 3 is 2.48 bits per heavy atom.